The van der Waals surface area contributed by atoms with E-state index in [0.29, 0.717) is 6.54 Å². The number of amides is 1. The molecule has 4 aromatic rings. The second kappa shape index (κ2) is 10.3. The number of nitrogens with zero attached hydrogens (tertiary/aromatic N) is 3. The average molecular weight is 447 g/mol. The summed E-state index contributed by atoms with van der Waals surface area (Å²) in [6, 6.07) is 26.3. The van der Waals surface area contributed by atoms with Crippen LogP contribution in [-0.2, 0) is 11.3 Å². The zero-order valence-corrected chi connectivity index (χ0v) is 18.7. The monoisotopic (exact) mass is 446 g/mol. The molecule has 0 bridgehead atoms. The number of imidazole rings is 1. The first-order valence-corrected chi connectivity index (χ1v) is 12.0. The number of hydrogen-bond acceptors (Lipinski definition) is 5. The van der Waals surface area contributed by atoms with E-state index in [1.54, 1.807) is 18.0 Å². The number of aromatic nitrogens is 2. The van der Waals surface area contributed by atoms with Gasteiger partial charge < -0.3 is 4.57 Å². The van der Waals surface area contributed by atoms with Crippen LogP contribution in [0.3, 0.4) is 0 Å². The number of hydrazone groups is 1. The third-order valence-corrected chi connectivity index (χ3v) is 6.37. The first-order chi connectivity index (χ1) is 15.2. The Labute approximate surface area is 190 Å². The van der Waals surface area contributed by atoms with Crippen molar-refractivity contribution >= 4 is 46.7 Å². The van der Waals surface area contributed by atoms with E-state index in [1.807, 2.05) is 66.9 Å². The number of para-hydroxylation sites is 2. The van der Waals surface area contributed by atoms with Crippen LogP contribution < -0.4 is 5.43 Å². The number of carbonyl (C=O) groups excluding carboxylic acids is 1. The first-order valence-electron chi connectivity index (χ1n) is 9.81. The summed E-state index contributed by atoms with van der Waals surface area (Å²) in [7, 11) is 0. The van der Waals surface area contributed by atoms with Gasteiger partial charge in [-0.05, 0) is 41.6 Å². The fraction of sp³-hybridized carbons (Fsp3) is 0.125. The molecule has 0 fully saturated rings. The topological polar surface area (TPSA) is 59.3 Å². The Morgan fingerprint density at radius 1 is 1.03 bits per heavy atom. The van der Waals surface area contributed by atoms with E-state index in [1.165, 1.54) is 22.2 Å². The normalized spacial score (nSPS) is 11.3. The number of thioether (sulfide) groups is 2. The van der Waals surface area contributed by atoms with Gasteiger partial charge in [0.25, 0.3) is 5.91 Å². The number of fused-ring (bicyclic) bond motifs is 1. The van der Waals surface area contributed by atoms with Crippen LogP contribution in [0.5, 0.6) is 0 Å². The maximum Gasteiger partial charge on any atom is 0.250 e. The quantitative estimate of drug-likeness (QED) is 0.234. The molecule has 0 aliphatic carbocycles. The third kappa shape index (κ3) is 5.57. The fourth-order valence-corrected chi connectivity index (χ4v) is 4.33. The number of nitrogens with one attached hydrogen (secondary N) is 1. The van der Waals surface area contributed by atoms with Crippen molar-refractivity contribution in [1.29, 1.82) is 0 Å². The molecule has 7 heteroatoms. The Kier molecular flexibility index (Phi) is 7.07. The van der Waals surface area contributed by atoms with Crippen molar-refractivity contribution in [2.24, 2.45) is 5.10 Å². The number of hydrogen-bond donors (Lipinski definition) is 1. The van der Waals surface area contributed by atoms with Crippen molar-refractivity contribution in [2.45, 2.75) is 16.6 Å². The van der Waals surface area contributed by atoms with E-state index in [2.05, 4.69) is 33.3 Å². The van der Waals surface area contributed by atoms with Gasteiger partial charge in [-0.2, -0.15) is 5.10 Å². The van der Waals surface area contributed by atoms with E-state index in [-0.39, 0.29) is 11.7 Å². The van der Waals surface area contributed by atoms with Crippen LogP contribution in [0, 0.1) is 0 Å². The summed E-state index contributed by atoms with van der Waals surface area (Å²) in [4.78, 5) is 18.2. The Bertz CT molecular complexity index is 1190. The molecular weight excluding hydrogens is 424 g/mol. The lowest BCUT2D eigenvalue weighted by Gasteiger charge is -2.09. The molecule has 3 aromatic carbocycles. The molecule has 1 heterocycles. The van der Waals surface area contributed by atoms with Crippen molar-refractivity contribution < 1.29 is 4.79 Å². The maximum absolute atomic E-state index is 12.3. The molecule has 0 unspecified atom stereocenters. The summed E-state index contributed by atoms with van der Waals surface area (Å²) in [6.07, 6.45) is 3.69. The summed E-state index contributed by atoms with van der Waals surface area (Å²) >= 11 is 3.10. The van der Waals surface area contributed by atoms with Crippen LogP contribution in [0.1, 0.15) is 11.1 Å². The van der Waals surface area contributed by atoms with Gasteiger partial charge in [-0.1, -0.05) is 66.4 Å². The molecule has 1 amide bonds. The highest BCUT2D eigenvalue weighted by molar-refractivity contribution is 7.99. The molecule has 1 aromatic heterocycles. The van der Waals surface area contributed by atoms with Crippen molar-refractivity contribution in [3.63, 3.8) is 0 Å². The van der Waals surface area contributed by atoms with Crippen LogP contribution in [0.15, 0.2) is 94.0 Å². The smallest absolute Gasteiger partial charge is 0.250 e. The molecule has 0 atom stereocenters. The second-order valence-corrected chi connectivity index (χ2v) is 8.63. The molecule has 0 radical (unpaired) electrons. The second-order valence-electron chi connectivity index (χ2n) is 6.81. The zero-order chi connectivity index (χ0) is 21.5. The minimum atomic E-state index is -0.166. The lowest BCUT2D eigenvalue weighted by atomic mass is 10.2. The van der Waals surface area contributed by atoms with Crippen LogP contribution >= 0.6 is 23.5 Å². The van der Waals surface area contributed by atoms with Gasteiger partial charge in [-0.25, -0.2) is 10.4 Å². The molecule has 156 valence electrons. The van der Waals surface area contributed by atoms with Gasteiger partial charge in [0.05, 0.1) is 29.5 Å². The van der Waals surface area contributed by atoms with Gasteiger partial charge in [-0.15, -0.1) is 11.8 Å². The summed E-state index contributed by atoms with van der Waals surface area (Å²) < 4.78 is 2.15. The molecular formula is C24H22N4OS2. The predicted molar refractivity (Wildman–Crippen MR) is 130 cm³/mol. The Morgan fingerprint density at radius 3 is 2.55 bits per heavy atom. The molecule has 5 nitrogen and oxygen atoms in total. The lowest BCUT2D eigenvalue weighted by Crippen LogP contribution is -2.20. The van der Waals surface area contributed by atoms with Crippen LogP contribution in [-0.4, -0.2) is 33.7 Å². The SMILES string of the molecule is CSc1ccc(C=NNC(=O)CSc2nc3ccccc3n2Cc2ccccc2)cc1. The summed E-state index contributed by atoms with van der Waals surface area (Å²) in [5.41, 5.74) is 6.71. The van der Waals surface area contributed by atoms with Gasteiger partial charge >= 0.3 is 0 Å². The molecule has 4 rings (SSSR count). The van der Waals surface area contributed by atoms with Gasteiger partial charge in [0, 0.05) is 4.90 Å². The van der Waals surface area contributed by atoms with E-state index in [0.717, 1.165) is 21.8 Å². The van der Waals surface area contributed by atoms with Crippen LogP contribution in [0.2, 0.25) is 0 Å². The van der Waals surface area contributed by atoms with E-state index in [9.17, 15) is 4.79 Å². The molecule has 0 aliphatic heterocycles. The highest BCUT2D eigenvalue weighted by Crippen LogP contribution is 2.25. The lowest BCUT2D eigenvalue weighted by molar-refractivity contribution is -0.118. The molecule has 1 N–H and O–H groups in total. The van der Waals surface area contributed by atoms with Crippen molar-refractivity contribution in [1.82, 2.24) is 15.0 Å². The van der Waals surface area contributed by atoms with E-state index in [4.69, 9.17) is 4.98 Å². The van der Waals surface area contributed by atoms with Crippen molar-refractivity contribution in [2.75, 3.05) is 12.0 Å². The van der Waals surface area contributed by atoms with Crippen LogP contribution in [0.25, 0.3) is 11.0 Å². The predicted octanol–water partition coefficient (Wildman–Crippen LogP) is 5.05. The standard InChI is InChI=1S/C24H22N4OS2/c1-30-20-13-11-18(12-14-20)15-25-27-23(29)17-31-24-26-21-9-5-6-10-22(21)28(24)16-19-7-3-2-4-8-19/h2-15H,16-17H2,1H3,(H,27,29). The highest BCUT2D eigenvalue weighted by atomic mass is 32.2. The van der Waals surface area contributed by atoms with Gasteiger partial charge in [0.15, 0.2) is 5.16 Å². The van der Waals surface area contributed by atoms with Crippen molar-refractivity contribution in [3.05, 3.63) is 90.0 Å². The molecule has 0 saturated heterocycles. The van der Waals surface area contributed by atoms with Crippen molar-refractivity contribution in [3.8, 4) is 0 Å². The van der Waals surface area contributed by atoms with E-state index < -0.39 is 0 Å². The average Bonchev–Trinajstić information content (AvgIpc) is 3.16. The summed E-state index contributed by atoms with van der Waals surface area (Å²) in [5, 5.41) is 4.89. The summed E-state index contributed by atoms with van der Waals surface area (Å²) in [6.45, 7) is 0.704. The minimum absolute atomic E-state index is 0.166. The first kappa shape index (κ1) is 21.2. The molecule has 0 aliphatic rings. The fourth-order valence-electron chi connectivity index (χ4n) is 3.11. The Balaban J connectivity index is 1.41. The molecule has 0 spiro atoms. The number of rotatable bonds is 8. The van der Waals surface area contributed by atoms with Gasteiger partial charge in [0.2, 0.25) is 0 Å². The minimum Gasteiger partial charge on any atom is -0.314 e. The zero-order valence-electron chi connectivity index (χ0n) is 17.1. The number of carbonyl (C=O) groups is 1. The van der Waals surface area contributed by atoms with E-state index >= 15 is 0 Å². The molecule has 0 saturated carbocycles. The van der Waals surface area contributed by atoms with Gasteiger partial charge in [-0.3, -0.25) is 4.79 Å². The number of benzene rings is 3. The van der Waals surface area contributed by atoms with Gasteiger partial charge in [0.1, 0.15) is 0 Å². The Hall–Kier alpha value is -3.03. The maximum atomic E-state index is 12.3. The summed E-state index contributed by atoms with van der Waals surface area (Å²) in [5.74, 6) is 0.0706. The largest absolute Gasteiger partial charge is 0.314 e. The third-order valence-electron chi connectivity index (χ3n) is 4.65. The highest BCUT2D eigenvalue weighted by Gasteiger charge is 2.13. The van der Waals surface area contributed by atoms with Crippen LogP contribution in [0.4, 0.5) is 0 Å². The molecule has 31 heavy (non-hydrogen) atoms. The Morgan fingerprint density at radius 2 is 1.77 bits per heavy atom.